The van der Waals surface area contributed by atoms with Gasteiger partial charge in [0, 0.05) is 11.8 Å². The maximum atomic E-state index is 10.8. The Balaban J connectivity index is 2.18. The highest BCUT2D eigenvalue weighted by atomic mass is 16.6. The van der Waals surface area contributed by atoms with Gasteiger partial charge < -0.3 is 11.5 Å². The van der Waals surface area contributed by atoms with Crippen LogP contribution >= 0.6 is 0 Å². The molecule has 0 aromatic heterocycles. The van der Waals surface area contributed by atoms with Crippen molar-refractivity contribution in [1.29, 1.82) is 0 Å². The van der Waals surface area contributed by atoms with Gasteiger partial charge in [-0.05, 0) is 54.7 Å². The quantitative estimate of drug-likeness (QED) is 0.507. The van der Waals surface area contributed by atoms with Gasteiger partial charge in [0.1, 0.15) is 5.69 Å². The maximum absolute atomic E-state index is 10.8. The average molecular weight is 271 g/mol. The fourth-order valence-corrected chi connectivity index (χ4v) is 2.21. The Hall–Kier alpha value is -2.56. The van der Waals surface area contributed by atoms with Crippen molar-refractivity contribution in [2.45, 2.75) is 19.8 Å². The Labute approximate surface area is 117 Å². The molecular weight excluding hydrogens is 254 g/mol. The molecule has 0 amide bonds. The molecule has 5 heteroatoms. The van der Waals surface area contributed by atoms with E-state index in [1.54, 1.807) is 6.07 Å². The van der Waals surface area contributed by atoms with Gasteiger partial charge in [0.2, 0.25) is 0 Å². The predicted molar refractivity (Wildman–Crippen MR) is 80.5 cm³/mol. The molecule has 0 aliphatic heterocycles. The van der Waals surface area contributed by atoms with E-state index in [0.717, 1.165) is 35.2 Å². The Morgan fingerprint density at radius 1 is 1.15 bits per heavy atom. The summed E-state index contributed by atoms with van der Waals surface area (Å²) in [6.07, 6.45) is 1.60. The topological polar surface area (TPSA) is 95.2 Å². The molecule has 2 rings (SSSR count). The number of nitrogen functional groups attached to an aromatic ring is 2. The van der Waals surface area contributed by atoms with Gasteiger partial charge in [-0.3, -0.25) is 10.1 Å². The van der Waals surface area contributed by atoms with Gasteiger partial charge in [-0.15, -0.1) is 0 Å². The zero-order chi connectivity index (χ0) is 14.7. The number of nitro groups is 1. The third-order valence-electron chi connectivity index (χ3n) is 3.32. The largest absolute Gasteiger partial charge is 0.399 e. The van der Waals surface area contributed by atoms with Gasteiger partial charge >= 0.3 is 0 Å². The van der Waals surface area contributed by atoms with Crippen LogP contribution in [0.25, 0.3) is 0 Å². The number of hydrogen-bond donors (Lipinski definition) is 2. The fourth-order valence-electron chi connectivity index (χ4n) is 2.21. The number of aryl methyl sites for hydroxylation is 3. The molecule has 2 aromatic carbocycles. The predicted octanol–water partition coefficient (Wildman–Crippen LogP) is 2.85. The number of hydrogen-bond acceptors (Lipinski definition) is 4. The van der Waals surface area contributed by atoms with Gasteiger partial charge in [0.05, 0.1) is 4.92 Å². The van der Waals surface area contributed by atoms with Crippen molar-refractivity contribution < 1.29 is 4.92 Å². The minimum absolute atomic E-state index is 0.0322. The van der Waals surface area contributed by atoms with Crippen LogP contribution in [0.15, 0.2) is 36.4 Å². The van der Waals surface area contributed by atoms with E-state index in [-0.39, 0.29) is 11.4 Å². The summed E-state index contributed by atoms with van der Waals surface area (Å²) in [5.74, 6) is 0. The highest BCUT2D eigenvalue weighted by Crippen LogP contribution is 2.26. The summed E-state index contributed by atoms with van der Waals surface area (Å²) in [6, 6.07) is 10.9. The van der Waals surface area contributed by atoms with Crippen molar-refractivity contribution in [1.82, 2.24) is 0 Å². The lowest BCUT2D eigenvalue weighted by Gasteiger charge is -2.08. The summed E-state index contributed by atoms with van der Waals surface area (Å²) in [7, 11) is 0. The zero-order valence-corrected chi connectivity index (χ0v) is 11.3. The van der Waals surface area contributed by atoms with Crippen LogP contribution in [-0.4, -0.2) is 4.92 Å². The van der Waals surface area contributed by atoms with Gasteiger partial charge in [0.15, 0.2) is 0 Å². The van der Waals surface area contributed by atoms with E-state index in [9.17, 15) is 10.1 Å². The van der Waals surface area contributed by atoms with E-state index < -0.39 is 4.92 Å². The van der Waals surface area contributed by atoms with Crippen LogP contribution in [-0.2, 0) is 12.8 Å². The molecule has 0 unspecified atom stereocenters. The van der Waals surface area contributed by atoms with Crippen LogP contribution in [0, 0.1) is 17.0 Å². The van der Waals surface area contributed by atoms with Crippen LogP contribution < -0.4 is 11.5 Å². The van der Waals surface area contributed by atoms with Crippen LogP contribution in [0.2, 0.25) is 0 Å². The standard InChI is InChI=1S/C15H17N3O2/c1-10-7-15(18(19)20)14(17)9-12(10)6-5-11-3-2-4-13(16)8-11/h2-4,7-9H,5-6,16-17H2,1H3. The van der Waals surface area contributed by atoms with E-state index in [0.29, 0.717) is 0 Å². The van der Waals surface area contributed by atoms with E-state index in [1.807, 2.05) is 31.2 Å². The third-order valence-corrected chi connectivity index (χ3v) is 3.32. The summed E-state index contributed by atoms with van der Waals surface area (Å²) in [6.45, 7) is 1.86. The second kappa shape index (κ2) is 5.61. The normalized spacial score (nSPS) is 10.4. The third kappa shape index (κ3) is 3.06. The van der Waals surface area contributed by atoms with Crippen LogP contribution in [0.3, 0.4) is 0 Å². The first-order valence-corrected chi connectivity index (χ1v) is 6.35. The maximum Gasteiger partial charge on any atom is 0.292 e. The number of nitrogens with zero attached hydrogens (tertiary/aromatic N) is 1. The molecule has 0 saturated heterocycles. The molecule has 0 aliphatic carbocycles. The molecule has 0 radical (unpaired) electrons. The average Bonchev–Trinajstić information content (AvgIpc) is 2.39. The highest BCUT2D eigenvalue weighted by Gasteiger charge is 2.14. The molecule has 4 N–H and O–H groups in total. The lowest BCUT2D eigenvalue weighted by molar-refractivity contribution is -0.383. The van der Waals surface area contributed by atoms with E-state index in [1.165, 1.54) is 6.07 Å². The first kappa shape index (κ1) is 13.9. The van der Waals surface area contributed by atoms with Crippen LogP contribution in [0.1, 0.15) is 16.7 Å². The molecule has 2 aromatic rings. The molecule has 5 nitrogen and oxygen atoms in total. The lowest BCUT2D eigenvalue weighted by Crippen LogP contribution is -2.01. The van der Waals surface area contributed by atoms with E-state index in [4.69, 9.17) is 11.5 Å². The summed E-state index contributed by atoms with van der Waals surface area (Å²) in [4.78, 5) is 10.4. The number of rotatable bonds is 4. The zero-order valence-electron chi connectivity index (χ0n) is 11.3. The van der Waals surface area contributed by atoms with Gasteiger partial charge in [-0.1, -0.05) is 12.1 Å². The fraction of sp³-hybridized carbons (Fsp3) is 0.200. The van der Waals surface area contributed by atoms with Crippen molar-refractivity contribution in [3.05, 3.63) is 63.2 Å². The van der Waals surface area contributed by atoms with Gasteiger partial charge in [0.25, 0.3) is 5.69 Å². The first-order chi connectivity index (χ1) is 9.47. The van der Waals surface area contributed by atoms with Crippen molar-refractivity contribution in [2.24, 2.45) is 0 Å². The van der Waals surface area contributed by atoms with Crippen LogP contribution in [0.4, 0.5) is 17.1 Å². The number of nitrogens with two attached hydrogens (primary N) is 2. The molecule has 0 aliphatic rings. The Kier molecular flexibility index (Phi) is 3.89. The molecule has 0 fully saturated rings. The molecule has 20 heavy (non-hydrogen) atoms. The lowest BCUT2D eigenvalue weighted by atomic mass is 9.99. The van der Waals surface area contributed by atoms with Gasteiger partial charge in [-0.25, -0.2) is 0 Å². The smallest absolute Gasteiger partial charge is 0.292 e. The van der Waals surface area contributed by atoms with Crippen LogP contribution in [0.5, 0.6) is 0 Å². The molecular formula is C15H17N3O2. The Morgan fingerprint density at radius 2 is 1.90 bits per heavy atom. The van der Waals surface area contributed by atoms with Gasteiger partial charge in [-0.2, -0.15) is 0 Å². The number of nitro benzene ring substituents is 1. The van der Waals surface area contributed by atoms with Crippen molar-refractivity contribution in [3.63, 3.8) is 0 Å². The SMILES string of the molecule is Cc1cc([N+](=O)[O-])c(N)cc1CCc1cccc(N)c1. The summed E-state index contributed by atoms with van der Waals surface area (Å²) in [5, 5.41) is 10.8. The van der Waals surface area contributed by atoms with E-state index >= 15 is 0 Å². The first-order valence-electron chi connectivity index (χ1n) is 6.35. The minimum Gasteiger partial charge on any atom is -0.399 e. The van der Waals surface area contributed by atoms with E-state index in [2.05, 4.69) is 0 Å². The van der Waals surface area contributed by atoms with Crippen molar-refractivity contribution >= 4 is 17.1 Å². The summed E-state index contributed by atoms with van der Waals surface area (Å²) < 4.78 is 0. The second-order valence-corrected chi connectivity index (χ2v) is 4.84. The molecule has 0 bridgehead atoms. The molecule has 0 spiro atoms. The highest BCUT2D eigenvalue weighted by molar-refractivity contribution is 5.61. The summed E-state index contributed by atoms with van der Waals surface area (Å²) in [5.41, 5.74) is 15.4. The Bertz CT molecular complexity index is 654. The molecule has 0 atom stereocenters. The van der Waals surface area contributed by atoms with Crippen molar-refractivity contribution in [2.75, 3.05) is 11.5 Å². The number of anilines is 2. The minimum atomic E-state index is -0.454. The molecule has 0 saturated carbocycles. The number of benzene rings is 2. The monoisotopic (exact) mass is 271 g/mol. The van der Waals surface area contributed by atoms with Crippen molar-refractivity contribution in [3.8, 4) is 0 Å². The molecule has 104 valence electrons. The Morgan fingerprint density at radius 3 is 2.55 bits per heavy atom. The summed E-state index contributed by atoms with van der Waals surface area (Å²) >= 11 is 0. The second-order valence-electron chi connectivity index (χ2n) is 4.84. The molecule has 0 heterocycles.